The van der Waals surface area contributed by atoms with E-state index in [1.807, 2.05) is 20.8 Å². The number of fused-ring (bicyclic) bond motifs is 3. The molecule has 1 aromatic carbocycles. The molecule has 8 heteroatoms. The van der Waals surface area contributed by atoms with Gasteiger partial charge in [-0.2, -0.15) is 0 Å². The molecule has 4 N–H and O–H groups in total. The lowest BCUT2D eigenvalue weighted by molar-refractivity contribution is -0.261. The summed E-state index contributed by atoms with van der Waals surface area (Å²) in [7, 11) is 0. The SMILES string of the molecule is Cc1c(Cl)c(O)cc(O)c1C(=O)OC1CC2(C)C3CC(C)(C)CC3(O)C=C(C=O)C12O. The standard InChI is InChI=1S/C23H27ClO7/c1-11-17(13(26)5-14(27)18(11)24)19(28)31-16-8-21(4)15-7-20(2,3)10-22(15,29)6-12(9-25)23(16,21)30/h5-6,9,15-16,26-27,29-30H,7-8,10H2,1-4H3. The summed E-state index contributed by atoms with van der Waals surface area (Å²) >= 11 is 5.99. The third-order valence-corrected chi connectivity index (χ3v) is 8.20. The van der Waals surface area contributed by atoms with Crippen LogP contribution in [0.1, 0.15) is 56.0 Å². The van der Waals surface area contributed by atoms with Crippen LogP contribution in [0.15, 0.2) is 17.7 Å². The summed E-state index contributed by atoms with van der Waals surface area (Å²) in [5, 5.41) is 42.7. The predicted octanol–water partition coefficient (Wildman–Crippen LogP) is 3.03. The van der Waals surface area contributed by atoms with Gasteiger partial charge in [0.1, 0.15) is 35.1 Å². The minimum atomic E-state index is -1.76. The zero-order valence-corrected chi connectivity index (χ0v) is 18.7. The second kappa shape index (κ2) is 6.47. The molecule has 0 saturated heterocycles. The Hall–Kier alpha value is -2.09. The minimum Gasteiger partial charge on any atom is -0.507 e. The molecule has 0 heterocycles. The van der Waals surface area contributed by atoms with Crippen molar-refractivity contribution in [1.29, 1.82) is 0 Å². The Labute approximate surface area is 185 Å². The highest BCUT2D eigenvalue weighted by Gasteiger charge is 2.75. The predicted molar refractivity (Wildman–Crippen MR) is 112 cm³/mol. The number of aliphatic hydroxyl groups is 2. The van der Waals surface area contributed by atoms with Crippen molar-refractivity contribution >= 4 is 23.9 Å². The molecule has 3 aliphatic carbocycles. The van der Waals surface area contributed by atoms with Gasteiger partial charge in [-0.25, -0.2) is 4.79 Å². The van der Waals surface area contributed by atoms with Crippen LogP contribution < -0.4 is 0 Å². The molecular formula is C23H27ClO7. The maximum atomic E-state index is 12.9. The first-order chi connectivity index (χ1) is 14.2. The summed E-state index contributed by atoms with van der Waals surface area (Å²) in [5.74, 6) is -2.10. The third kappa shape index (κ3) is 2.79. The first-order valence-electron chi connectivity index (χ1n) is 10.3. The highest BCUT2D eigenvalue weighted by molar-refractivity contribution is 6.33. The summed E-state index contributed by atoms with van der Waals surface area (Å²) in [5.41, 5.74) is -4.09. The van der Waals surface area contributed by atoms with E-state index in [1.54, 1.807) is 0 Å². The zero-order valence-electron chi connectivity index (χ0n) is 17.9. The summed E-state index contributed by atoms with van der Waals surface area (Å²) in [6.45, 7) is 7.34. The first-order valence-corrected chi connectivity index (χ1v) is 10.6. The molecule has 4 rings (SSSR count). The molecule has 0 aliphatic heterocycles. The topological polar surface area (TPSA) is 124 Å². The van der Waals surface area contributed by atoms with Crippen LogP contribution in [0.4, 0.5) is 0 Å². The van der Waals surface area contributed by atoms with Gasteiger partial charge in [-0.15, -0.1) is 0 Å². The van der Waals surface area contributed by atoms with E-state index < -0.39 is 34.4 Å². The van der Waals surface area contributed by atoms with Gasteiger partial charge < -0.3 is 25.2 Å². The number of carbonyl (C=O) groups excluding carboxylic acids is 2. The number of phenolic OH excluding ortho intramolecular Hbond substituents is 2. The normalized spacial score (nSPS) is 37.8. The highest BCUT2D eigenvalue weighted by atomic mass is 35.5. The van der Waals surface area contributed by atoms with Gasteiger partial charge in [0.25, 0.3) is 0 Å². The average Bonchev–Trinajstić information content (AvgIpc) is 2.92. The number of halogens is 1. The number of hydrogen-bond donors (Lipinski definition) is 4. The van der Waals surface area contributed by atoms with Gasteiger partial charge in [-0.1, -0.05) is 32.4 Å². The summed E-state index contributed by atoms with van der Waals surface area (Å²) in [6.07, 6.45) is 2.27. The van der Waals surface area contributed by atoms with Crippen LogP contribution >= 0.6 is 11.6 Å². The lowest BCUT2D eigenvalue weighted by atomic mass is 9.43. The van der Waals surface area contributed by atoms with E-state index in [4.69, 9.17) is 16.3 Å². The molecule has 5 unspecified atom stereocenters. The fourth-order valence-electron chi connectivity index (χ4n) is 6.30. The number of aldehydes is 1. The lowest BCUT2D eigenvalue weighted by Crippen LogP contribution is -2.75. The Morgan fingerprint density at radius 2 is 1.84 bits per heavy atom. The Kier molecular flexibility index (Phi) is 4.61. The molecule has 0 amide bonds. The minimum absolute atomic E-state index is 0.000169. The number of carbonyl (C=O) groups is 2. The molecule has 0 bridgehead atoms. The van der Waals surface area contributed by atoms with E-state index in [2.05, 4.69) is 0 Å². The van der Waals surface area contributed by atoms with Crippen LogP contribution in [0.2, 0.25) is 5.02 Å². The van der Waals surface area contributed by atoms with Crippen LogP contribution in [0.25, 0.3) is 0 Å². The molecule has 0 aromatic heterocycles. The summed E-state index contributed by atoms with van der Waals surface area (Å²) in [6, 6.07) is 0.948. The van der Waals surface area contributed by atoms with Crippen molar-refractivity contribution in [1.82, 2.24) is 0 Å². The van der Waals surface area contributed by atoms with Crippen molar-refractivity contribution < 1.29 is 34.8 Å². The monoisotopic (exact) mass is 450 g/mol. The molecule has 31 heavy (non-hydrogen) atoms. The fraction of sp³-hybridized carbons (Fsp3) is 0.565. The third-order valence-electron chi connectivity index (χ3n) is 7.72. The zero-order chi connectivity index (χ0) is 23.1. The number of esters is 1. The molecule has 7 nitrogen and oxygen atoms in total. The number of benzene rings is 1. The Morgan fingerprint density at radius 1 is 1.19 bits per heavy atom. The molecule has 2 fully saturated rings. The van der Waals surface area contributed by atoms with Crippen LogP contribution in [-0.2, 0) is 9.53 Å². The van der Waals surface area contributed by atoms with Gasteiger partial charge in [0.05, 0.1) is 10.6 Å². The van der Waals surface area contributed by atoms with E-state index in [0.717, 1.165) is 6.07 Å². The summed E-state index contributed by atoms with van der Waals surface area (Å²) < 4.78 is 5.56. The van der Waals surface area contributed by atoms with Crippen LogP contribution in [0, 0.1) is 23.7 Å². The van der Waals surface area contributed by atoms with Crippen molar-refractivity contribution in [3.8, 4) is 11.5 Å². The van der Waals surface area contributed by atoms with Crippen LogP contribution in [0.3, 0.4) is 0 Å². The average molecular weight is 451 g/mol. The smallest absolute Gasteiger partial charge is 0.342 e. The highest BCUT2D eigenvalue weighted by Crippen LogP contribution is 2.69. The van der Waals surface area contributed by atoms with Crippen molar-refractivity contribution in [3.63, 3.8) is 0 Å². The molecule has 0 spiro atoms. The summed E-state index contributed by atoms with van der Waals surface area (Å²) in [4.78, 5) is 24.8. The lowest BCUT2D eigenvalue weighted by Gasteiger charge is -2.65. The molecular weight excluding hydrogens is 424 g/mol. The van der Waals surface area contributed by atoms with Crippen LogP contribution in [0.5, 0.6) is 11.5 Å². The number of aromatic hydroxyl groups is 2. The Bertz CT molecular complexity index is 1030. The number of rotatable bonds is 3. The van der Waals surface area contributed by atoms with Crippen LogP contribution in [-0.4, -0.2) is 50.0 Å². The van der Waals surface area contributed by atoms with Gasteiger partial charge in [-0.05, 0) is 43.2 Å². The second-order valence-corrected chi connectivity index (χ2v) is 10.7. The van der Waals surface area contributed by atoms with Crippen molar-refractivity contribution in [2.75, 3.05) is 0 Å². The molecule has 2 saturated carbocycles. The molecule has 5 atom stereocenters. The van der Waals surface area contributed by atoms with Gasteiger partial charge in [0.2, 0.25) is 0 Å². The molecule has 3 aliphatic rings. The van der Waals surface area contributed by atoms with E-state index >= 15 is 0 Å². The van der Waals surface area contributed by atoms with Gasteiger partial charge in [-0.3, -0.25) is 4.79 Å². The van der Waals surface area contributed by atoms with Gasteiger partial charge in [0.15, 0.2) is 0 Å². The molecule has 1 aromatic rings. The van der Waals surface area contributed by atoms with E-state index in [1.165, 1.54) is 13.0 Å². The molecule has 0 radical (unpaired) electrons. The number of ether oxygens (including phenoxy) is 1. The van der Waals surface area contributed by atoms with Crippen molar-refractivity contribution in [2.45, 2.75) is 64.3 Å². The van der Waals surface area contributed by atoms with E-state index in [0.29, 0.717) is 19.1 Å². The Balaban J connectivity index is 1.70. The Morgan fingerprint density at radius 3 is 2.45 bits per heavy atom. The fourth-order valence-corrected chi connectivity index (χ4v) is 6.45. The largest absolute Gasteiger partial charge is 0.507 e. The van der Waals surface area contributed by atoms with Crippen molar-refractivity contribution in [3.05, 3.63) is 33.9 Å². The number of hydrogen-bond acceptors (Lipinski definition) is 7. The van der Waals surface area contributed by atoms with Gasteiger partial charge in [0, 0.05) is 23.0 Å². The quantitative estimate of drug-likeness (QED) is 0.412. The second-order valence-electron chi connectivity index (χ2n) is 10.3. The maximum absolute atomic E-state index is 12.9. The van der Waals surface area contributed by atoms with Crippen molar-refractivity contribution in [2.24, 2.45) is 16.7 Å². The molecule has 168 valence electrons. The number of phenols is 2. The maximum Gasteiger partial charge on any atom is 0.342 e. The van der Waals surface area contributed by atoms with E-state index in [-0.39, 0.29) is 45.2 Å². The van der Waals surface area contributed by atoms with Gasteiger partial charge >= 0.3 is 5.97 Å². The first kappa shape index (κ1) is 22.1. The van der Waals surface area contributed by atoms with E-state index in [9.17, 15) is 30.0 Å².